The van der Waals surface area contributed by atoms with E-state index in [0.29, 0.717) is 16.5 Å². The molecule has 26 heavy (non-hydrogen) atoms. The zero-order chi connectivity index (χ0) is 18.6. The first-order valence-electron chi connectivity index (χ1n) is 8.01. The Morgan fingerprint density at radius 3 is 2.58 bits per heavy atom. The monoisotopic (exact) mass is 367 g/mol. The Bertz CT molecular complexity index is 1270. The molecular formula is C18H17N5O2S. The first kappa shape index (κ1) is 16.5. The third kappa shape index (κ3) is 2.19. The molecule has 0 unspecified atom stereocenters. The number of thiophene rings is 1. The maximum Gasteiger partial charge on any atom is 0.332 e. The average Bonchev–Trinajstić information content (AvgIpc) is 3.07. The van der Waals surface area contributed by atoms with Gasteiger partial charge in [-0.25, -0.2) is 9.78 Å². The molecule has 8 heteroatoms. The van der Waals surface area contributed by atoms with Crippen LogP contribution < -0.4 is 22.7 Å². The lowest BCUT2D eigenvalue weighted by Crippen LogP contribution is -2.37. The first-order valence-corrected chi connectivity index (χ1v) is 8.82. The molecule has 7 nitrogen and oxygen atoms in total. The molecular weight excluding hydrogens is 350 g/mol. The summed E-state index contributed by atoms with van der Waals surface area (Å²) in [6, 6.07) is 9.97. The summed E-state index contributed by atoms with van der Waals surface area (Å²) < 4.78 is 3.51. The zero-order valence-corrected chi connectivity index (χ0v) is 15.1. The topological polar surface area (TPSA) is 109 Å². The number of pyridine rings is 1. The van der Waals surface area contributed by atoms with Crippen molar-refractivity contribution >= 4 is 38.3 Å². The van der Waals surface area contributed by atoms with Crippen LogP contribution in [0, 0.1) is 0 Å². The number of rotatable bonds is 2. The molecule has 0 radical (unpaired) electrons. The van der Waals surface area contributed by atoms with E-state index in [0.717, 1.165) is 19.5 Å². The van der Waals surface area contributed by atoms with E-state index in [9.17, 15) is 9.59 Å². The van der Waals surface area contributed by atoms with Crippen LogP contribution in [0.25, 0.3) is 31.6 Å². The Morgan fingerprint density at radius 2 is 1.88 bits per heavy atom. The molecule has 0 amide bonds. The molecule has 0 atom stereocenters. The van der Waals surface area contributed by atoms with Crippen LogP contribution >= 0.6 is 11.3 Å². The van der Waals surface area contributed by atoms with Crippen LogP contribution in [0.5, 0.6) is 0 Å². The van der Waals surface area contributed by atoms with Crippen LogP contribution in [-0.2, 0) is 20.6 Å². The second-order valence-corrected chi connectivity index (χ2v) is 7.19. The third-order valence-electron chi connectivity index (χ3n) is 4.60. The minimum atomic E-state index is -0.447. The number of aryl methyl sites for hydroxylation is 1. The Hall–Kier alpha value is -2.97. The number of nitrogen functional groups attached to an aromatic ring is 1. The summed E-state index contributed by atoms with van der Waals surface area (Å²) >= 11 is 1.55. The molecule has 132 valence electrons. The van der Waals surface area contributed by atoms with Crippen LogP contribution in [0.1, 0.15) is 5.56 Å². The molecule has 0 aliphatic heterocycles. The largest absolute Gasteiger partial charge is 0.383 e. The van der Waals surface area contributed by atoms with Gasteiger partial charge in [-0.1, -0.05) is 18.2 Å². The number of aromatic nitrogens is 3. The maximum atomic E-state index is 12.9. The van der Waals surface area contributed by atoms with Gasteiger partial charge in [-0.05, 0) is 17.5 Å². The molecule has 0 saturated carbocycles. The highest BCUT2D eigenvalue weighted by atomic mass is 32.1. The lowest BCUT2D eigenvalue weighted by Gasteiger charge is -2.15. The molecule has 1 aromatic carbocycles. The van der Waals surface area contributed by atoms with Crippen molar-refractivity contribution in [1.82, 2.24) is 14.1 Å². The van der Waals surface area contributed by atoms with Crippen LogP contribution in [0.2, 0.25) is 0 Å². The van der Waals surface area contributed by atoms with E-state index in [1.807, 2.05) is 30.3 Å². The Kier molecular flexibility index (Phi) is 3.67. The van der Waals surface area contributed by atoms with Gasteiger partial charge in [0.25, 0.3) is 5.56 Å². The van der Waals surface area contributed by atoms with Crippen LogP contribution in [0.15, 0.2) is 39.9 Å². The summed E-state index contributed by atoms with van der Waals surface area (Å²) in [5, 5.41) is 1.43. The van der Waals surface area contributed by atoms with Crippen molar-refractivity contribution in [3.63, 3.8) is 0 Å². The number of nitrogens with zero attached hydrogens (tertiary/aromatic N) is 3. The Labute approximate surface area is 152 Å². The predicted octanol–water partition coefficient (Wildman–Crippen LogP) is 1.55. The Balaban J connectivity index is 2.26. The van der Waals surface area contributed by atoms with Gasteiger partial charge < -0.3 is 11.5 Å². The molecule has 0 fully saturated rings. The fraction of sp³-hybridized carbons (Fsp3) is 0.167. The minimum absolute atomic E-state index is 0.143. The summed E-state index contributed by atoms with van der Waals surface area (Å²) in [6.07, 6.45) is 0. The lowest BCUT2D eigenvalue weighted by atomic mass is 10.0. The SMILES string of the molecule is Cn1c(=O)c2c(-c3cc4ccccc4s3)c(CN)c(N)nc2n(C)c1=O. The van der Waals surface area contributed by atoms with E-state index in [4.69, 9.17) is 11.5 Å². The molecule has 0 saturated heterocycles. The third-order valence-corrected chi connectivity index (χ3v) is 5.73. The number of nitrogens with two attached hydrogens (primary N) is 2. The Morgan fingerprint density at radius 1 is 1.15 bits per heavy atom. The standard InChI is InChI=1S/C18H17N5O2S/c1-22-16-14(17(24)23(2)18(22)25)13(10(8-19)15(20)21-16)12-7-9-5-3-4-6-11(9)26-12/h3-7H,8,19H2,1-2H3,(H2,20,21). The molecule has 0 bridgehead atoms. The predicted molar refractivity (Wildman–Crippen MR) is 105 cm³/mol. The highest BCUT2D eigenvalue weighted by molar-refractivity contribution is 7.22. The van der Waals surface area contributed by atoms with Gasteiger partial charge in [-0.15, -0.1) is 11.3 Å². The van der Waals surface area contributed by atoms with E-state index in [-0.39, 0.29) is 18.0 Å². The molecule has 0 aliphatic rings. The molecule has 4 rings (SSSR count). The van der Waals surface area contributed by atoms with Crippen molar-refractivity contribution in [2.24, 2.45) is 19.8 Å². The van der Waals surface area contributed by atoms with Crippen molar-refractivity contribution in [3.8, 4) is 10.4 Å². The molecule has 3 aromatic heterocycles. The van der Waals surface area contributed by atoms with E-state index < -0.39 is 11.2 Å². The highest BCUT2D eigenvalue weighted by Crippen LogP contribution is 2.39. The smallest absolute Gasteiger partial charge is 0.332 e. The number of hydrogen-bond acceptors (Lipinski definition) is 6. The molecule has 4 aromatic rings. The fourth-order valence-electron chi connectivity index (χ4n) is 3.23. The summed E-state index contributed by atoms with van der Waals surface area (Å²) in [5.41, 5.74) is 12.7. The van der Waals surface area contributed by atoms with Crippen molar-refractivity contribution in [1.29, 1.82) is 0 Å². The number of fused-ring (bicyclic) bond motifs is 2. The first-order chi connectivity index (χ1) is 12.4. The van der Waals surface area contributed by atoms with Gasteiger partial charge in [-0.2, -0.15) is 0 Å². The molecule has 0 spiro atoms. The van der Waals surface area contributed by atoms with E-state index >= 15 is 0 Å². The van der Waals surface area contributed by atoms with E-state index in [2.05, 4.69) is 4.98 Å². The van der Waals surface area contributed by atoms with Crippen LogP contribution in [0.3, 0.4) is 0 Å². The van der Waals surface area contributed by atoms with Gasteiger partial charge in [0.15, 0.2) is 5.65 Å². The molecule has 4 N–H and O–H groups in total. The van der Waals surface area contributed by atoms with Gasteiger partial charge in [0.2, 0.25) is 0 Å². The quantitative estimate of drug-likeness (QED) is 0.559. The summed E-state index contributed by atoms with van der Waals surface area (Å²) in [6.45, 7) is 0.143. The van der Waals surface area contributed by atoms with Crippen molar-refractivity contribution in [2.45, 2.75) is 6.54 Å². The van der Waals surface area contributed by atoms with E-state index in [1.165, 1.54) is 11.6 Å². The normalized spacial score (nSPS) is 11.5. The lowest BCUT2D eigenvalue weighted by molar-refractivity contribution is 0.708. The second kappa shape index (κ2) is 5.79. The molecule has 3 heterocycles. The van der Waals surface area contributed by atoms with Crippen molar-refractivity contribution in [2.75, 3.05) is 5.73 Å². The highest BCUT2D eigenvalue weighted by Gasteiger charge is 2.21. The van der Waals surface area contributed by atoms with Gasteiger partial charge in [-0.3, -0.25) is 13.9 Å². The van der Waals surface area contributed by atoms with Crippen molar-refractivity contribution < 1.29 is 0 Å². The number of hydrogen-bond donors (Lipinski definition) is 2. The van der Waals surface area contributed by atoms with Gasteiger partial charge in [0.05, 0.1) is 5.39 Å². The number of anilines is 1. The summed E-state index contributed by atoms with van der Waals surface area (Å²) in [5.74, 6) is 0.232. The summed E-state index contributed by atoms with van der Waals surface area (Å²) in [4.78, 5) is 30.4. The molecule has 0 aliphatic carbocycles. The fourth-order valence-corrected chi connectivity index (χ4v) is 4.37. The minimum Gasteiger partial charge on any atom is -0.383 e. The second-order valence-electron chi connectivity index (χ2n) is 6.11. The van der Waals surface area contributed by atoms with Gasteiger partial charge in [0, 0.05) is 41.3 Å². The van der Waals surface area contributed by atoms with E-state index in [1.54, 1.807) is 18.4 Å². The zero-order valence-electron chi connectivity index (χ0n) is 14.3. The van der Waals surface area contributed by atoms with Crippen LogP contribution in [0.4, 0.5) is 5.82 Å². The van der Waals surface area contributed by atoms with Gasteiger partial charge >= 0.3 is 5.69 Å². The van der Waals surface area contributed by atoms with Crippen LogP contribution in [-0.4, -0.2) is 14.1 Å². The maximum absolute atomic E-state index is 12.9. The number of benzene rings is 1. The van der Waals surface area contributed by atoms with Gasteiger partial charge in [0.1, 0.15) is 5.82 Å². The average molecular weight is 367 g/mol. The van der Waals surface area contributed by atoms with Crippen molar-refractivity contribution in [3.05, 3.63) is 56.7 Å². The summed E-state index contributed by atoms with van der Waals surface area (Å²) in [7, 11) is 3.03.